The van der Waals surface area contributed by atoms with Crippen LogP contribution in [0.4, 0.5) is 0 Å². The van der Waals surface area contributed by atoms with Crippen LogP contribution in [0.2, 0.25) is 15.1 Å². The average molecular weight is 330 g/mol. The second kappa shape index (κ2) is 8.11. The molecule has 0 aromatic heterocycles. The number of rotatable bonds is 6. The molecule has 100 valence electrons. The van der Waals surface area contributed by atoms with Crippen molar-refractivity contribution < 1.29 is 9.53 Å². The molecule has 0 atom stereocenters. The van der Waals surface area contributed by atoms with Crippen LogP contribution in [0, 0.1) is 0 Å². The summed E-state index contributed by atoms with van der Waals surface area (Å²) in [6, 6.07) is 2.88. The fourth-order valence-electron chi connectivity index (χ4n) is 1.30. The lowest BCUT2D eigenvalue weighted by Gasteiger charge is -2.07. The first-order valence-corrected chi connectivity index (χ1v) is 7.12. The molecule has 0 saturated carbocycles. The topological polar surface area (TPSA) is 26.3 Å². The predicted octanol–water partition coefficient (Wildman–Crippen LogP) is 5.35. The van der Waals surface area contributed by atoms with Crippen LogP contribution < -0.4 is 4.74 Å². The molecule has 0 amide bonds. The molecule has 0 N–H and O–H groups in total. The molecule has 0 aliphatic heterocycles. The Bertz CT molecular complexity index is 421. The summed E-state index contributed by atoms with van der Waals surface area (Å²) in [6.07, 6.45) is 2.86. The van der Waals surface area contributed by atoms with Crippen LogP contribution in [0.5, 0.6) is 5.75 Å². The lowest BCUT2D eigenvalue weighted by atomic mass is 10.2. The van der Waals surface area contributed by atoms with Crippen LogP contribution in [-0.2, 0) is 4.79 Å². The fraction of sp³-hybridized carbons (Fsp3) is 0.417. The highest BCUT2D eigenvalue weighted by Gasteiger charge is 2.11. The number of carbonyl (C=O) groups is 1. The maximum Gasteiger partial charge on any atom is 0.311 e. The van der Waals surface area contributed by atoms with E-state index in [0.29, 0.717) is 22.3 Å². The summed E-state index contributed by atoms with van der Waals surface area (Å²) < 4.78 is 5.11. The van der Waals surface area contributed by atoms with E-state index in [1.807, 2.05) is 0 Å². The van der Waals surface area contributed by atoms with Gasteiger partial charge in [0.25, 0.3) is 0 Å². The summed E-state index contributed by atoms with van der Waals surface area (Å²) >= 11 is 23.0. The number of alkyl halides is 1. The van der Waals surface area contributed by atoms with Gasteiger partial charge in [0.05, 0.1) is 15.1 Å². The first-order valence-electron chi connectivity index (χ1n) is 5.45. The fourth-order valence-corrected chi connectivity index (χ4v) is 2.06. The van der Waals surface area contributed by atoms with E-state index in [1.165, 1.54) is 12.1 Å². The van der Waals surface area contributed by atoms with Gasteiger partial charge in [-0.3, -0.25) is 4.79 Å². The van der Waals surface area contributed by atoms with E-state index in [4.69, 9.17) is 51.1 Å². The number of benzene rings is 1. The molecule has 0 radical (unpaired) electrons. The molecule has 2 nitrogen and oxygen atoms in total. The van der Waals surface area contributed by atoms with Crippen LogP contribution in [0.15, 0.2) is 12.1 Å². The van der Waals surface area contributed by atoms with Crippen molar-refractivity contribution in [1.29, 1.82) is 0 Å². The van der Waals surface area contributed by atoms with Gasteiger partial charge in [-0.1, -0.05) is 41.2 Å². The molecule has 0 bridgehead atoms. The second-order valence-corrected chi connectivity index (χ2v) is 5.27. The maximum atomic E-state index is 11.5. The third-order valence-electron chi connectivity index (χ3n) is 2.21. The quantitative estimate of drug-likeness (QED) is 0.231. The lowest BCUT2D eigenvalue weighted by molar-refractivity contribution is -0.134. The van der Waals surface area contributed by atoms with Crippen LogP contribution in [0.25, 0.3) is 0 Å². The number of ether oxygens (including phenoxy) is 1. The summed E-state index contributed by atoms with van der Waals surface area (Å²) in [5.74, 6) is 0.492. The molecule has 0 fully saturated rings. The summed E-state index contributed by atoms with van der Waals surface area (Å²) in [4.78, 5) is 11.5. The number of hydrogen-bond donors (Lipinski definition) is 0. The van der Waals surface area contributed by atoms with E-state index in [1.54, 1.807) is 0 Å². The minimum absolute atomic E-state index is 0.230. The molecule has 0 aliphatic rings. The molecule has 1 rings (SSSR count). The highest BCUT2D eigenvalue weighted by atomic mass is 35.5. The summed E-state index contributed by atoms with van der Waals surface area (Å²) in [7, 11) is 0. The monoisotopic (exact) mass is 328 g/mol. The van der Waals surface area contributed by atoms with Gasteiger partial charge in [0.1, 0.15) is 0 Å². The minimum atomic E-state index is -0.343. The van der Waals surface area contributed by atoms with Crippen LogP contribution >= 0.6 is 46.4 Å². The van der Waals surface area contributed by atoms with Gasteiger partial charge in [0, 0.05) is 18.4 Å². The summed E-state index contributed by atoms with van der Waals surface area (Å²) in [6.45, 7) is 0. The van der Waals surface area contributed by atoms with Crippen molar-refractivity contribution in [2.24, 2.45) is 0 Å². The van der Waals surface area contributed by atoms with E-state index in [9.17, 15) is 4.79 Å². The molecule has 1 aromatic carbocycles. The number of unbranched alkanes of at least 4 members (excludes halogenated alkanes) is 2. The van der Waals surface area contributed by atoms with Crippen molar-refractivity contribution in [3.05, 3.63) is 27.2 Å². The molecule has 0 heterocycles. The SMILES string of the molecule is O=C(CCCCCCl)Oc1cc(Cl)c(Cl)cc1Cl. The van der Waals surface area contributed by atoms with Crippen molar-refractivity contribution in [1.82, 2.24) is 0 Å². The van der Waals surface area contributed by atoms with Gasteiger partial charge in [0.2, 0.25) is 0 Å². The van der Waals surface area contributed by atoms with Gasteiger partial charge in [-0.25, -0.2) is 0 Å². The van der Waals surface area contributed by atoms with Crippen molar-refractivity contribution in [2.75, 3.05) is 5.88 Å². The van der Waals surface area contributed by atoms with Crippen LogP contribution in [-0.4, -0.2) is 11.8 Å². The molecule has 0 saturated heterocycles. The molecule has 18 heavy (non-hydrogen) atoms. The normalized spacial score (nSPS) is 10.4. The Morgan fingerprint density at radius 2 is 1.67 bits per heavy atom. The van der Waals surface area contributed by atoms with Crippen molar-refractivity contribution in [3.63, 3.8) is 0 Å². The second-order valence-electron chi connectivity index (χ2n) is 3.67. The summed E-state index contributed by atoms with van der Waals surface area (Å²) in [5.41, 5.74) is 0. The Morgan fingerprint density at radius 1 is 1.00 bits per heavy atom. The number of hydrogen-bond acceptors (Lipinski definition) is 2. The zero-order valence-electron chi connectivity index (χ0n) is 9.52. The van der Waals surface area contributed by atoms with Crippen LogP contribution in [0.3, 0.4) is 0 Å². The van der Waals surface area contributed by atoms with E-state index in [2.05, 4.69) is 0 Å². The number of halogens is 4. The minimum Gasteiger partial charge on any atom is -0.425 e. The predicted molar refractivity (Wildman–Crippen MR) is 76.3 cm³/mol. The summed E-state index contributed by atoms with van der Waals surface area (Å²) in [5, 5.41) is 0.882. The number of esters is 1. The largest absolute Gasteiger partial charge is 0.425 e. The zero-order chi connectivity index (χ0) is 13.5. The van der Waals surface area contributed by atoms with Gasteiger partial charge in [0.15, 0.2) is 5.75 Å². The highest BCUT2D eigenvalue weighted by molar-refractivity contribution is 6.43. The van der Waals surface area contributed by atoms with E-state index in [-0.39, 0.29) is 16.7 Å². The molecule has 0 spiro atoms. The third-order valence-corrected chi connectivity index (χ3v) is 3.50. The Kier molecular flexibility index (Phi) is 7.16. The molecule has 6 heteroatoms. The van der Waals surface area contributed by atoms with Gasteiger partial charge in [-0.05, 0) is 18.9 Å². The highest BCUT2D eigenvalue weighted by Crippen LogP contribution is 2.34. The van der Waals surface area contributed by atoms with Gasteiger partial charge in [-0.15, -0.1) is 11.6 Å². The standard InChI is InChI=1S/C12H12Cl4O2/c13-5-3-1-2-4-12(17)18-11-7-9(15)8(14)6-10(11)16/h6-7H,1-5H2. The van der Waals surface area contributed by atoms with Gasteiger partial charge >= 0.3 is 5.97 Å². The van der Waals surface area contributed by atoms with Crippen molar-refractivity contribution >= 4 is 52.4 Å². The first kappa shape index (κ1) is 15.9. The Balaban J connectivity index is 2.51. The van der Waals surface area contributed by atoms with E-state index in [0.717, 1.165) is 19.3 Å². The smallest absolute Gasteiger partial charge is 0.311 e. The maximum absolute atomic E-state index is 11.5. The number of carbonyl (C=O) groups excluding carboxylic acids is 1. The van der Waals surface area contributed by atoms with E-state index >= 15 is 0 Å². The van der Waals surface area contributed by atoms with Crippen LogP contribution in [0.1, 0.15) is 25.7 Å². The Labute approximate surface area is 126 Å². The molecule has 0 aliphatic carbocycles. The molecular formula is C12H12Cl4O2. The first-order chi connectivity index (χ1) is 8.54. The van der Waals surface area contributed by atoms with Gasteiger partial charge < -0.3 is 4.74 Å². The average Bonchev–Trinajstić information content (AvgIpc) is 2.32. The van der Waals surface area contributed by atoms with E-state index < -0.39 is 0 Å². The zero-order valence-corrected chi connectivity index (χ0v) is 12.5. The lowest BCUT2D eigenvalue weighted by Crippen LogP contribution is -2.08. The van der Waals surface area contributed by atoms with Crippen molar-refractivity contribution in [2.45, 2.75) is 25.7 Å². The molecule has 0 unspecified atom stereocenters. The third kappa shape index (κ3) is 5.23. The van der Waals surface area contributed by atoms with Crippen molar-refractivity contribution in [3.8, 4) is 5.75 Å². The Morgan fingerprint density at radius 3 is 2.33 bits per heavy atom. The molecular weight excluding hydrogens is 318 g/mol. The molecule has 1 aromatic rings. The Hall–Kier alpha value is -0.150. The van der Waals surface area contributed by atoms with Gasteiger partial charge in [-0.2, -0.15) is 0 Å².